The van der Waals surface area contributed by atoms with Crippen LogP contribution >= 0.6 is 0 Å². The Kier molecular flexibility index (Phi) is 4.68. The molecule has 1 saturated heterocycles. The first kappa shape index (κ1) is 14.3. The molecule has 2 aliphatic rings. The summed E-state index contributed by atoms with van der Waals surface area (Å²) < 4.78 is 0. The molecule has 2 fully saturated rings. The Labute approximate surface area is 113 Å². The summed E-state index contributed by atoms with van der Waals surface area (Å²) in [6.45, 7) is 13.1. The number of nitrogens with zero attached hydrogens (tertiary/aromatic N) is 2. The molecule has 0 aromatic carbocycles. The first-order chi connectivity index (χ1) is 8.47. The van der Waals surface area contributed by atoms with Crippen LogP contribution < -0.4 is 5.73 Å². The number of rotatable bonds is 3. The standard InChI is InChI=1S/C15H31N3/c1-15(2,3)18-11-9-17(10-12-18)8-7-13-5-4-6-14(13)16/h13-14H,4-12,16H2,1-3H3. The van der Waals surface area contributed by atoms with Gasteiger partial charge >= 0.3 is 0 Å². The quantitative estimate of drug-likeness (QED) is 0.834. The van der Waals surface area contributed by atoms with E-state index in [1.807, 2.05) is 0 Å². The molecule has 0 aromatic heterocycles. The molecule has 1 aliphatic heterocycles. The minimum absolute atomic E-state index is 0.333. The van der Waals surface area contributed by atoms with E-state index < -0.39 is 0 Å². The minimum atomic E-state index is 0.333. The monoisotopic (exact) mass is 253 g/mol. The lowest BCUT2D eigenvalue weighted by Crippen LogP contribution is -2.53. The topological polar surface area (TPSA) is 32.5 Å². The maximum absolute atomic E-state index is 6.15. The fourth-order valence-electron chi connectivity index (χ4n) is 3.41. The molecule has 2 rings (SSSR count). The van der Waals surface area contributed by atoms with Crippen molar-refractivity contribution in [2.24, 2.45) is 11.7 Å². The predicted molar refractivity (Wildman–Crippen MR) is 77.7 cm³/mol. The summed E-state index contributed by atoms with van der Waals surface area (Å²) in [6, 6.07) is 0.487. The Bertz CT molecular complexity index is 251. The third kappa shape index (κ3) is 3.69. The number of nitrogens with two attached hydrogens (primary N) is 1. The zero-order valence-electron chi connectivity index (χ0n) is 12.5. The Morgan fingerprint density at radius 1 is 1.06 bits per heavy atom. The second-order valence-corrected chi connectivity index (χ2v) is 7.14. The SMILES string of the molecule is CC(C)(C)N1CCN(CCC2CCCC2N)CC1. The molecule has 18 heavy (non-hydrogen) atoms. The molecule has 0 spiro atoms. The van der Waals surface area contributed by atoms with Crippen molar-refractivity contribution in [1.29, 1.82) is 0 Å². The van der Waals surface area contributed by atoms with Crippen LogP contribution in [0.5, 0.6) is 0 Å². The molecule has 1 saturated carbocycles. The molecular weight excluding hydrogens is 222 g/mol. The average molecular weight is 253 g/mol. The fraction of sp³-hybridized carbons (Fsp3) is 1.00. The van der Waals surface area contributed by atoms with Crippen molar-refractivity contribution in [3.63, 3.8) is 0 Å². The van der Waals surface area contributed by atoms with E-state index >= 15 is 0 Å². The lowest BCUT2D eigenvalue weighted by atomic mass is 9.99. The van der Waals surface area contributed by atoms with Crippen LogP contribution in [0.2, 0.25) is 0 Å². The van der Waals surface area contributed by atoms with Crippen LogP contribution in [0.1, 0.15) is 46.5 Å². The lowest BCUT2D eigenvalue weighted by Gasteiger charge is -2.42. The smallest absolute Gasteiger partial charge is 0.0126 e. The highest BCUT2D eigenvalue weighted by atomic mass is 15.3. The van der Waals surface area contributed by atoms with Gasteiger partial charge < -0.3 is 10.6 Å². The largest absolute Gasteiger partial charge is 0.327 e. The fourth-order valence-corrected chi connectivity index (χ4v) is 3.41. The van der Waals surface area contributed by atoms with Gasteiger partial charge in [-0.25, -0.2) is 0 Å². The van der Waals surface area contributed by atoms with Gasteiger partial charge in [0.1, 0.15) is 0 Å². The van der Waals surface area contributed by atoms with Crippen molar-refractivity contribution < 1.29 is 0 Å². The van der Waals surface area contributed by atoms with Gasteiger partial charge in [0.25, 0.3) is 0 Å². The van der Waals surface area contributed by atoms with Gasteiger partial charge in [-0.3, -0.25) is 4.90 Å². The van der Waals surface area contributed by atoms with E-state index in [4.69, 9.17) is 5.73 Å². The molecule has 0 radical (unpaired) electrons. The molecule has 1 aliphatic carbocycles. The van der Waals surface area contributed by atoms with Gasteiger partial charge in [-0.15, -0.1) is 0 Å². The second kappa shape index (κ2) is 5.89. The van der Waals surface area contributed by atoms with Crippen LogP contribution in [0, 0.1) is 5.92 Å². The van der Waals surface area contributed by atoms with Crippen LogP contribution in [0.4, 0.5) is 0 Å². The molecule has 3 nitrogen and oxygen atoms in total. The molecule has 0 amide bonds. The highest BCUT2D eigenvalue weighted by Gasteiger charge is 2.27. The van der Waals surface area contributed by atoms with E-state index in [0.29, 0.717) is 11.6 Å². The van der Waals surface area contributed by atoms with Gasteiger partial charge in [0, 0.05) is 37.8 Å². The zero-order valence-corrected chi connectivity index (χ0v) is 12.5. The molecule has 3 heteroatoms. The van der Waals surface area contributed by atoms with Crippen molar-refractivity contribution in [2.75, 3.05) is 32.7 Å². The lowest BCUT2D eigenvalue weighted by molar-refractivity contribution is 0.0597. The normalized spacial score (nSPS) is 32.0. The van der Waals surface area contributed by atoms with Gasteiger partial charge in [-0.2, -0.15) is 0 Å². The summed E-state index contributed by atoms with van der Waals surface area (Å²) in [6.07, 6.45) is 5.28. The molecule has 0 aromatic rings. The predicted octanol–water partition coefficient (Wildman–Crippen LogP) is 1.92. The molecule has 2 N–H and O–H groups in total. The van der Waals surface area contributed by atoms with Crippen molar-refractivity contribution >= 4 is 0 Å². The van der Waals surface area contributed by atoms with Crippen molar-refractivity contribution in [1.82, 2.24) is 9.80 Å². The van der Waals surface area contributed by atoms with Gasteiger partial charge in [0.15, 0.2) is 0 Å². The van der Waals surface area contributed by atoms with Crippen LogP contribution in [-0.2, 0) is 0 Å². The van der Waals surface area contributed by atoms with Crippen LogP contribution in [-0.4, -0.2) is 54.1 Å². The maximum Gasteiger partial charge on any atom is 0.0126 e. The summed E-state index contributed by atoms with van der Waals surface area (Å²) in [7, 11) is 0. The first-order valence-electron chi connectivity index (χ1n) is 7.70. The molecule has 1 heterocycles. The van der Waals surface area contributed by atoms with E-state index in [0.717, 1.165) is 5.92 Å². The van der Waals surface area contributed by atoms with E-state index in [2.05, 4.69) is 30.6 Å². The Balaban J connectivity index is 1.67. The highest BCUT2D eigenvalue weighted by Crippen LogP contribution is 2.27. The molecule has 0 bridgehead atoms. The van der Waals surface area contributed by atoms with Gasteiger partial charge in [-0.05, 0) is 52.5 Å². The van der Waals surface area contributed by atoms with E-state index in [-0.39, 0.29) is 0 Å². The van der Waals surface area contributed by atoms with Crippen LogP contribution in [0.25, 0.3) is 0 Å². The van der Waals surface area contributed by atoms with Crippen LogP contribution in [0.3, 0.4) is 0 Å². The van der Waals surface area contributed by atoms with E-state index in [1.54, 1.807) is 0 Å². The van der Waals surface area contributed by atoms with Crippen molar-refractivity contribution in [3.8, 4) is 0 Å². The van der Waals surface area contributed by atoms with E-state index in [9.17, 15) is 0 Å². The zero-order chi connectivity index (χ0) is 13.2. The molecule has 106 valence electrons. The van der Waals surface area contributed by atoms with Gasteiger partial charge in [-0.1, -0.05) is 6.42 Å². The Morgan fingerprint density at radius 3 is 2.22 bits per heavy atom. The second-order valence-electron chi connectivity index (χ2n) is 7.14. The van der Waals surface area contributed by atoms with E-state index in [1.165, 1.54) is 58.4 Å². The number of hydrogen-bond acceptors (Lipinski definition) is 3. The maximum atomic E-state index is 6.15. The van der Waals surface area contributed by atoms with Gasteiger partial charge in [0.05, 0.1) is 0 Å². The number of piperazine rings is 1. The highest BCUT2D eigenvalue weighted by molar-refractivity contribution is 4.84. The summed E-state index contributed by atoms with van der Waals surface area (Å²) in [5.41, 5.74) is 6.48. The summed E-state index contributed by atoms with van der Waals surface area (Å²) >= 11 is 0. The number of hydrogen-bond donors (Lipinski definition) is 1. The molecular formula is C15H31N3. The van der Waals surface area contributed by atoms with Crippen molar-refractivity contribution in [3.05, 3.63) is 0 Å². The third-order valence-electron chi connectivity index (χ3n) is 4.85. The Morgan fingerprint density at radius 2 is 1.72 bits per heavy atom. The average Bonchev–Trinajstić information content (AvgIpc) is 2.72. The third-order valence-corrected chi connectivity index (χ3v) is 4.85. The summed E-state index contributed by atoms with van der Waals surface area (Å²) in [4.78, 5) is 5.23. The first-order valence-corrected chi connectivity index (χ1v) is 7.70. The van der Waals surface area contributed by atoms with Gasteiger partial charge in [0.2, 0.25) is 0 Å². The van der Waals surface area contributed by atoms with Crippen LogP contribution in [0.15, 0.2) is 0 Å². The summed E-state index contributed by atoms with van der Waals surface area (Å²) in [5, 5.41) is 0. The minimum Gasteiger partial charge on any atom is -0.327 e. The molecule has 2 unspecified atom stereocenters. The molecule has 2 atom stereocenters. The summed E-state index contributed by atoms with van der Waals surface area (Å²) in [5.74, 6) is 0.797. The Hall–Kier alpha value is -0.120. The van der Waals surface area contributed by atoms with Crippen molar-refractivity contribution in [2.45, 2.75) is 58.0 Å².